The number of oxazole rings is 1. The molecule has 0 amide bonds. The average Bonchev–Trinajstić information content (AvgIpc) is 2.89. The summed E-state index contributed by atoms with van der Waals surface area (Å²) in [5, 5.41) is 19.1. The maximum Gasteiger partial charge on any atom is 0.492 e. The predicted octanol–water partition coefficient (Wildman–Crippen LogP) is 0.655. The summed E-state index contributed by atoms with van der Waals surface area (Å²) in [7, 11) is -0.0609. The van der Waals surface area contributed by atoms with Gasteiger partial charge in [0, 0.05) is 11.2 Å². The van der Waals surface area contributed by atoms with Crippen LogP contribution in [-0.2, 0) is 5.75 Å². The summed E-state index contributed by atoms with van der Waals surface area (Å²) in [6.07, 6.45) is 3.10. The van der Waals surface area contributed by atoms with Crippen molar-refractivity contribution in [2.45, 2.75) is 11.0 Å². The van der Waals surface area contributed by atoms with Crippen LogP contribution in [0, 0.1) is 0 Å². The molecule has 1 heterocycles. The van der Waals surface area contributed by atoms with Gasteiger partial charge in [-0.1, -0.05) is 23.9 Å². The van der Waals surface area contributed by atoms with Crippen molar-refractivity contribution in [1.29, 1.82) is 0 Å². The number of ether oxygens (including phenoxy) is 1. The molecule has 1 aromatic carbocycles. The van der Waals surface area contributed by atoms with Gasteiger partial charge in [-0.3, -0.25) is 0 Å². The SMILES string of the molecule is COc1ccc(CSc2ncco2)cc1B(O)O. The third-order valence-electron chi connectivity index (χ3n) is 2.34. The zero-order valence-electron chi connectivity index (χ0n) is 9.74. The molecular weight excluding hydrogens is 253 g/mol. The molecule has 2 N–H and O–H groups in total. The first-order chi connectivity index (χ1) is 8.70. The number of thioether (sulfide) groups is 1. The minimum Gasteiger partial charge on any atom is -0.497 e. The smallest absolute Gasteiger partial charge is 0.492 e. The first-order valence-electron chi connectivity index (χ1n) is 5.26. The Kier molecular flexibility index (Phi) is 4.30. The summed E-state index contributed by atoms with van der Waals surface area (Å²) in [6.45, 7) is 0. The lowest BCUT2D eigenvalue weighted by atomic mass is 9.79. The van der Waals surface area contributed by atoms with Crippen LogP contribution in [0.25, 0.3) is 0 Å². The molecule has 2 aromatic rings. The van der Waals surface area contributed by atoms with Gasteiger partial charge < -0.3 is 19.2 Å². The second kappa shape index (κ2) is 5.95. The number of aromatic nitrogens is 1. The minimum atomic E-state index is -1.55. The standard InChI is InChI=1S/C11H12BNO4S/c1-16-10-3-2-8(6-9(10)12(14)15)7-18-11-13-4-5-17-11/h2-6,14-15H,7H2,1H3. The maximum absolute atomic E-state index is 9.25. The fourth-order valence-electron chi connectivity index (χ4n) is 1.50. The van der Waals surface area contributed by atoms with Gasteiger partial charge in [-0.15, -0.1) is 0 Å². The molecule has 0 radical (unpaired) electrons. The fourth-order valence-corrected chi connectivity index (χ4v) is 2.23. The third kappa shape index (κ3) is 3.07. The second-order valence-electron chi connectivity index (χ2n) is 3.54. The molecule has 0 saturated heterocycles. The van der Waals surface area contributed by atoms with Gasteiger partial charge in [-0.2, -0.15) is 0 Å². The van der Waals surface area contributed by atoms with Crippen molar-refractivity contribution in [3.8, 4) is 5.75 Å². The van der Waals surface area contributed by atoms with Crippen LogP contribution in [0.2, 0.25) is 0 Å². The van der Waals surface area contributed by atoms with Crippen molar-refractivity contribution in [3.05, 3.63) is 36.2 Å². The minimum absolute atomic E-state index is 0.350. The lowest BCUT2D eigenvalue weighted by Crippen LogP contribution is -2.31. The molecule has 0 aliphatic rings. The lowest BCUT2D eigenvalue weighted by Gasteiger charge is -2.09. The van der Waals surface area contributed by atoms with Crippen LogP contribution in [0.3, 0.4) is 0 Å². The van der Waals surface area contributed by atoms with Crippen molar-refractivity contribution in [2.24, 2.45) is 0 Å². The number of hydrogen-bond acceptors (Lipinski definition) is 6. The van der Waals surface area contributed by atoms with E-state index in [2.05, 4.69) is 4.98 Å². The normalized spacial score (nSPS) is 10.4. The van der Waals surface area contributed by atoms with E-state index in [9.17, 15) is 10.0 Å². The molecular formula is C11H12BNO4S. The van der Waals surface area contributed by atoms with Gasteiger partial charge in [-0.05, 0) is 11.6 Å². The predicted molar refractivity (Wildman–Crippen MR) is 68.9 cm³/mol. The van der Waals surface area contributed by atoms with E-state index in [4.69, 9.17) is 9.15 Å². The Morgan fingerprint density at radius 2 is 2.28 bits per heavy atom. The first-order valence-corrected chi connectivity index (χ1v) is 6.24. The molecule has 0 aliphatic carbocycles. The Labute approximate surface area is 109 Å². The number of hydrogen-bond donors (Lipinski definition) is 2. The van der Waals surface area contributed by atoms with Gasteiger partial charge in [-0.25, -0.2) is 4.98 Å². The van der Waals surface area contributed by atoms with Crippen molar-refractivity contribution in [1.82, 2.24) is 4.98 Å². The van der Waals surface area contributed by atoms with Crippen LogP contribution in [0.15, 0.2) is 40.3 Å². The molecule has 0 aliphatic heterocycles. The van der Waals surface area contributed by atoms with E-state index in [1.165, 1.54) is 25.1 Å². The van der Waals surface area contributed by atoms with E-state index >= 15 is 0 Å². The van der Waals surface area contributed by atoms with E-state index in [0.717, 1.165) is 5.56 Å². The average molecular weight is 265 g/mol. The number of nitrogens with zero attached hydrogens (tertiary/aromatic N) is 1. The van der Waals surface area contributed by atoms with Crippen LogP contribution < -0.4 is 10.2 Å². The number of rotatable bonds is 5. The van der Waals surface area contributed by atoms with E-state index < -0.39 is 7.12 Å². The van der Waals surface area contributed by atoms with Crippen LogP contribution in [0.4, 0.5) is 0 Å². The highest BCUT2D eigenvalue weighted by Gasteiger charge is 2.17. The Hall–Kier alpha value is -1.44. The van der Waals surface area contributed by atoms with Crippen LogP contribution >= 0.6 is 11.8 Å². The van der Waals surface area contributed by atoms with Gasteiger partial charge in [0.05, 0.1) is 13.3 Å². The van der Waals surface area contributed by atoms with E-state index in [1.54, 1.807) is 18.3 Å². The Bertz CT molecular complexity index is 504. The molecule has 2 rings (SSSR count). The van der Waals surface area contributed by atoms with Gasteiger partial charge in [0.15, 0.2) is 0 Å². The molecule has 1 aromatic heterocycles. The van der Waals surface area contributed by atoms with E-state index in [-0.39, 0.29) is 0 Å². The van der Waals surface area contributed by atoms with Gasteiger partial charge in [0.1, 0.15) is 12.0 Å². The van der Waals surface area contributed by atoms with Crippen LogP contribution in [-0.4, -0.2) is 29.3 Å². The van der Waals surface area contributed by atoms with Crippen molar-refractivity contribution in [2.75, 3.05) is 7.11 Å². The summed E-state index contributed by atoms with van der Waals surface area (Å²) in [5.41, 5.74) is 1.28. The number of benzene rings is 1. The quantitative estimate of drug-likeness (QED) is 0.611. The van der Waals surface area contributed by atoms with Crippen molar-refractivity contribution in [3.63, 3.8) is 0 Å². The third-order valence-corrected chi connectivity index (χ3v) is 3.27. The zero-order chi connectivity index (χ0) is 13.0. The molecule has 0 spiro atoms. The summed E-state index contributed by atoms with van der Waals surface area (Å²) in [5.74, 6) is 1.08. The van der Waals surface area contributed by atoms with E-state index in [0.29, 0.717) is 22.2 Å². The molecule has 0 fully saturated rings. The maximum atomic E-state index is 9.25. The van der Waals surface area contributed by atoms with Crippen LogP contribution in [0.1, 0.15) is 5.56 Å². The summed E-state index contributed by atoms with van der Waals surface area (Å²) < 4.78 is 10.2. The molecule has 0 bridgehead atoms. The molecule has 94 valence electrons. The van der Waals surface area contributed by atoms with E-state index in [1.807, 2.05) is 6.07 Å². The largest absolute Gasteiger partial charge is 0.497 e. The second-order valence-corrected chi connectivity index (χ2v) is 4.46. The molecule has 0 saturated carbocycles. The van der Waals surface area contributed by atoms with Crippen molar-refractivity contribution >= 4 is 24.3 Å². The highest BCUT2D eigenvalue weighted by Crippen LogP contribution is 2.21. The zero-order valence-corrected chi connectivity index (χ0v) is 10.6. The molecule has 0 atom stereocenters. The highest BCUT2D eigenvalue weighted by molar-refractivity contribution is 7.98. The summed E-state index contributed by atoms with van der Waals surface area (Å²) in [4.78, 5) is 4.00. The first kappa shape index (κ1) is 13.0. The van der Waals surface area contributed by atoms with Crippen molar-refractivity contribution < 1.29 is 19.2 Å². The summed E-state index contributed by atoms with van der Waals surface area (Å²) in [6, 6.07) is 5.26. The molecule has 18 heavy (non-hydrogen) atoms. The van der Waals surface area contributed by atoms with Gasteiger partial charge >= 0.3 is 7.12 Å². The Balaban J connectivity index is 2.11. The van der Waals surface area contributed by atoms with Gasteiger partial charge in [0.25, 0.3) is 5.22 Å². The molecule has 5 nitrogen and oxygen atoms in total. The topological polar surface area (TPSA) is 75.7 Å². The fraction of sp³-hybridized carbons (Fsp3) is 0.182. The van der Waals surface area contributed by atoms with Gasteiger partial charge in [0.2, 0.25) is 0 Å². The Morgan fingerprint density at radius 3 is 2.89 bits per heavy atom. The monoisotopic (exact) mass is 265 g/mol. The number of methoxy groups -OCH3 is 1. The molecule has 0 unspecified atom stereocenters. The summed E-state index contributed by atoms with van der Waals surface area (Å²) >= 11 is 1.43. The Morgan fingerprint density at radius 1 is 1.44 bits per heavy atom. The molecule has 7 heteroatoms. The van der Waals surface area contributed by atoms with Crippen LogP contribution in [0.5, 0.6) is 5.75 Å². The highest BCUT2D eigenvalue weighted by atomic mass is 32.2. The lowest BCUT2D eigenvalue weighted by molar-refractivity contribution is 0.403.